The third-order valence-corrected chi connectivity index (χ3v) is 5.35. The van der Waals surface area contributed by atoms with Gasteiger partial charge in [0, 0.05) is 0 Å². The highest BCUT2D eigenvalue weighted by molar-refractivity contribution is 5.67. The third kappa shape index (κ3) is 30.3. The first-order valence-electron chi connectivity index (χ1n) is 15.2. The van der Waals surface area contributed by atoms with Crippen LogP contribution in [0.3, 0.4) is 0 Å². The molecule has 0 aliphatic heterocycles. The summed E-state index contributed by atoms with van der Waals surface area (Å²) in [5.41, 5.74) is 6.42. The van der Waals surface area contributed by atoms with Gasteiger partial charge in [0.25, 0.3) is 0 Å². The summed E-state index contributed by atoms with van der Waals surface area (Å²) in [6.45, 7) is 9.74. The fourth-order valence-electron chi connectivity index (χ4n) is 3.18. The van der Waals surface area contributed by atoms with E-state index in [1.54, 1.807) is 6.07 Å². The predicted molar refractivity (Wildman–Crippen MR) is 163 cm³/mol. The van der Waals surface area contributed by atoms with Crippen molar-refractivity contribution in [1.82, 2.24) is 0 Å². The fraction of sp³-hybridized carbons (Fsp3) is 0.767. The summed E-state index contributed by atoms with van der Waals surface area (Å²) in [6.07, 6.45) is 0. The summed E-state index contributed by atoms with van der Waals surface area (Å²) < 4.78 is 64.6. The van der Waals surface area contributed by atoms with E-state index in [0.29, 0.717) is 150 Å². The van der Waals surface area contributed by atoms with Crippen LogP contribution >= 0.6 is 0 Å². The molecule has 0 heterocycles. The Kier molecular flexibility index (Phi) is 30.2. The molecular weight excluding hydrogens is 598 g/mol. The van der Waals surface area contributed by atoms with Crippen molar-refractivity contribution in [3.8, 4) is 5.75 Å². The first-order chi connectivity index (χ1) is 22.2. The van der Waals surface area contributed by atoms with Crippen LogP contribution in [-0.4, -0.2) is 163 Å². The Hall–Kier alpha value is -2.15. The van der Waals surface area contributed by atoms with Crippen LogP contribution in [0.1, 0.15) is 0 Å². The summed E-state index contributed by atoms with van der Waals surface area (Å²) >= 11 is 0. The maximum absolute atomic E-state index is 10.3. The van der Waals surface area contributed by atoms with E-state index >= 15 is 0 Å². The zero-order valence-electron chi connectivity index (χ0n) is 26.4. The number of hydrogen-bond donors (Lipinski definition) is 2. The minimum absolute atomic E-state index is 0.240. The largest absolute Gasteiger partial charge is 0.489 e. The van der Waals surface area contributed by atoms with Crippen LogP contribution in [0.25, 0.3) is 0 Å². The quantitative estimate of drug-likeness (QED) is 0.0774. The molecule has 0 unspecified atom stereocenters. The van der Waals surface area contributed by atoms with Crippen molar-refractivity contribution in [3.05, 3.63) is 24.3 Å². The number of carbonyl (C=O) groups is 1. The molecule has 0 atom stereocenters. The Labute approximate surface area is 266 Å². The summed E-state index contributed by atoms with van der Waals surface area (Å²) in [7, 11) is 0. The van der Waals surface area contributed by atoms with E-state index in [4.69, 9.17) is 67.7 Å². The van der Waals surface area contributed by atoms with Crippen LogP contribution in [0.2, 0.25) is 0 Å². The van der Waals surface area contributed by atoms with Crippen molar-refractivity contribution in [2.24, 2.45) is 0 Å². The molecule has 1 aromatic rings. The van der Waals surface area contributed by atoms with Gasteiger partial charge in [-0.05, 0) is 12.1 Å². The van der Waals surface area contributed by atoms with Crippen molar-refractivity contribution in [3.63, 3.8) is 0 Å². The molecule has 0 spiro atoms. The molecule has 1 aromatic carbocycles. The Morgan fingerprint density at radius 2 is 0.711 bits per heavy atom. The van der Waals surface area contributed by atoms with Crippen molar-refractivity contribution < 1.29 is 66.7 Å². The molecule has 45 heavy (non-hydrogen) atoms. The number of carboxylic acid groups (broad SMARTS) is 1. The maximum atomic E-state index is 10.3. The zero-order valence-corrected chi connectivity index (χ0v) is 26.4. The van der Waals surface area contributed by atoms with E-state index < -0.39 is 5.97 Å². The van der Waals surface area contributed by atoms with E-state index in [9.17, 15) is 4.79 Å². The minimum Gasteiger partial charge on any atom is -0.489 e. The molecule has 0 aliphatic rings. The Bertz CT molecular complexity index is 776. The second-order valence-corrected chi connectivity index (χ2v) is 8.96. The Morgan fingerprint density at radius 3 is 1.00 bits per heavy atom. The molecule has 0 aliphatic carbocycles. The molecule has 262 valence electrons. The number of ether oxygens (including phenoxy) is 12. The van der Waals surface area contributed by atoms with Gasteiger partial charge in [0.15, 0.2) is 0 Å². The molecule has 0 saturated carbocycles. The predicted octanol–water partition coefficient (Wildman–Crippen LogP) is 0.915. The van der Waals surface area contributed by atoms with Crippen molar-refractivity contribution >= 4 is 11.7 Å². The molecule has 15 nitrogen and oxygen atoms in total. The highest BCUT2D eigenvalue weighted by Gasteiger charge is 1.99. The molecule has 0 bridgehead atoms. The lowest BCUT2D eigenvalue weighted by molar-refractivity contribution is -0.142. The van der Waals surface area contributed by atoms with E-state index in [1.807, 2.05) is 18.2 Å². The summed E-state index contributed by atoms with van der Waals surface area (Å²) in [6, 6.07) is 7.36. The average Bonchev–Trinajstić information content (AvgIpc) is 3.03. The molecule has 15 heteroatoms. The number of aliphatic carboxylic acids is 1. The van der Waals surface area contributed by atoms with Crippen LogP contribution in [0.4, 0.5) is 5.69 Å². The van der Waals surface area contributed by atoms with E-state index in [2.05, 4.69) is 0 Å². The first kappa shape index (κ1) is 40.9. The van der Waals surface area contributed by atoms with Crippen molar-refractivity contribution in [2.75, 3.05) is 158 Å². The number of para-hydroxylation sites is 2. The van der Waals surface area contributed by atoms with Gasteiger partial charge in [-0.25, -0.2) is 4.79 Å². The van der Waals surface area contributed by atoms with Gasteiger partial charge >= 0.3 is 5.97 Å². The van der Waals surface area contributed by atoms with Gasteiger partial charge in [-0.2, -0.15) is 0 Å². The van der Waals surface area contributed by atoms with Crippen molar-refractivity contribution in [2.45, 2.75) is 0 Å². The highest BCUT2D eigenvalue weighted by Crippen LogP contribution is 2.19. The summed E-state index contributed by atoms with van der Waals surface area (Å²) in [5, 5.41) is 8.42. The van der Waals surface area contributed by atoms with E-state index in [-0.39, 0.29) is 13.2 Å². The Morgan fingerprint density at radius 1 is 0.444 bits per heavy atom. The lowest BCUT2D eigenvalue weighted by Gasteiger charge is -2.09. The molecule has 1 rings (SSSR count). The topological polar surface area (TPSA) is 174 Å². The molecule has 0 aromatic heterocycles. The van der Waals surface area contributed by atoms with Crippen LogP contribution in [-0.2, 0) is 56.9 Å². The smallest absolute Gasteiger partial charge is 0.329 e. The maximum Gasteiger partial charge on any atom is 0.329 e. The number of nitrogen functional groups attached to an aromatic ring is 1. The third-order valence-electron chi connectivity index (χ3n) is 5.35. The van der Waals surface area contributed by atoms with Gasteiger partial charge in [0.2, 0.25) is 0 Å². The number of benzene rings is 1. The zero-order chi connectivity index (χ0) is 32.3. The number of nitrogens with two attached hydrogens (primary N) is 1. The lowest BCUT2D eigenvalue weighted by atomic mass is 10.3. The molecule has 0 amide bonds. The van der Waals surface area contributed by atoms with Crippen molar-refractivity contribution in [1.29, 1.82) is 0 Å². The van der Waals surface area contributed by atoms with E-state index in [1.165, 1.54) is 0 Å². The van der Waals surface area contributed by atoms with E-state index in [0.717, 1.165) is 0 Å². The van der Waals surface area contributed by atoms with Gasteiger partial charge in [0.05, 0.1) is 144 Å². The Balaban J connectivity index is 1.63. The SMILES string of the molecule is Nc1ccccc1OCCOCCOCCOCCOCCOCCOCCOCCOCCOCCOCCOCC(=O)O. The second-order valence-electron chi connectivity index (χ2n) is 8.96. The average molecular weight is 652 g/mol. The van der Waals surface area contributed by atoms with Crippen LogP contribution in [0.15, 0.2) is 24.3 Å². The second kappa shape index (κ2) is 33.2. The van der Waals surface area contributed by atoms with Crippen LogP contribution in [0, 0.1) is 0 Å². The normalized spacial score (nSPS) is 11.3. The first-order valence-corrected chi connectivity index (χ1v) is 15.2. The number of hydrogen-bond acceptors (Lipinski definition) is 14. The monoisotopic (exact) mass is 651 g/mol. The number of carboxylic acids is 1. The van der Waals surface area contributed by atoms with Gasteiger partial charge in [-0.15, -0.1) is 0 Å². The lowest BCUT2D eigenvalue weighted by Crippen LogP contribution is -2.15. The van der Waals surface area contributed by atoms with Gasteiger partial charge < -0.3 is 67.7 Å². The number of rotatable bonds is 36. The summed E-state index contributed by atoms with van der Waals surface area (Å²) in [5.74, 6) is -0.334. The molecule has 3 N–H and O–H groups in total. The molecule has 0 fully saturated rings. The van der Waals surface area contributed by atoms with Gasteiger partial charge in [0.1, 0.15) is 19.0 Å². The summed E-state index contributed by atoms with van der Waals surface area (Å²) in [4.78, 5) is 10.3. The fourth-order valence-corrected chi connectivity index (χ4v) is 3.18. The number of anilines is 1. The standard InChI is InChI=1S/C30H53NO14/c31-28-3-1-2-4-29(28)45-26-25-43-22-21-41-18-17-39-14-13-37-10-9-35-6-5-34-7-8-36-11-12-38-15-16-40-19-20-42-23-24-44-27-30(32)33/h1-4H,5-27,31H2,(H,32,33). The van der Waals surface area contributed by atoms with Crippen LogP contribution in [0.5, 0.6) is 5.75 Å². The van der Waals surface area contributed by atoms with Gasteiger partial charge in [-0.3, -0.25) is 0 Å². The molecular formula is C30H53NO14. The minimum atomic E-state index is -0.997. The van der Waals surface area contributed by atoms with Crippen LogP contribution < -0.4 is 10.5 Å². The molecule has 0 saturated heterocycles. The van der Waals surface area contributed by atoms with Gasteiger partial charge in [-0.1, -0.05) is 12.1 Å². The highest BCUT2D eigenvalue weighted by atomic mass is 16.6. The molecule has 0 radical (unpaired) electrons.